The Morgan fingerprint density at radius 1 is 1.19 bits per heavy atom. The molecule has 0 radical (unpaired) electrons. The molecular weight excluding hydrogens is 476 g/mol. The number of ether oxygens (including phenoxy) is 4. The molecule has 0 amide bonds. The van der Waals surface area contributed by atoms with Crippen molar-refractivity contribution in [3.8, 4) is 0 Å². The van der Waals surface area contributed by atoms with E-state index in [0.29, 0.717) is 31.3 Å². The molecule has 3 aliphatic rings. The molecule has 0 aromatic rings. The maximum atomic E-state index is 12.8. The van der Waals surface area contributed by atoms with Crippen LogP contribution in [0.15, 0.2) is 36.0 Å². The lowest BCUT2D eigenvalue weighted by molar-refractivity contribution is -0.254. The second kappa shape index (κ2) is 11.1. The molecule has 8 heteroatoms. The van der Waals surface area contributed by atoms with E-state index in [0.717, 1.165) is 5.57 Å². The topological polar surface area (TPSA) is 108 Å². The predicted octanol–water partition coefficient (Wildman–Crippen LogP) is 4.62. The summed E-state index contributed by atoms with van der Waals surface area (Å²) in [6.45, 7) is 16.4. The number of rotatable bonds is 8. The van der Waals surface area contributed by atoms with E-state index in [1.807, 2.05) is 20.8 Å². The van der Waals surface area contributed by atoms with Crippen LogP contribution >= 0.6 is 0 Å². The highest BCUT2D eigenvalue weighted by molar-refractivity contribution is 5.72. The fourth-order valence-corrected chi connectivity index (χ4v) is 6.30. The molecule has 2 aliphatic carbocycles. The zero-order chi connectivity index (χ0) is 27.7. The molecular formula is C29H42O8. The van der Waals surface area contributed by atoms with E-state index < -0.39 is 47.6 Å². The van der Waals surface area contributed by atoms with Gasteiger partial charge < -0.3 is 19.3 Å². The van der Waals surface area contributed by atoms with Crippen molar-refractivity contribution in [3.63, 3.8) is 0 Å². The Labute approximate surface area is 220 Å². The lowest BCUT2D eigenvalue weighted by Crippen LogP contribution is -2.63. The van der Waals surface area contributed by atoms with Crippen molar-refractivity contribution in [2.24, 2.45) is 28.6 Å². The Hall–Kier alpha value is -2.45. The summed E-state index contributed by atoms with van der Waals surface area (Å²) in [7, 11) is 0. The maximum absolute atomic E-state index is 12.8. The molecule has 3 rings (SSSR count). The summed E-state index contributed by atoms with van der Waals surface area (Å²) < 4.78 is 23.2. The average molecular weight is 519 g/mol. The Kier molecular flexibility index (Phi) is 8.75. The van der Waals surface area contributed by atoms with Crippen molar-refractivity contribution in [2.75, 3.05) is 0 Å². The number of carbonyl (C=O) groups excluding carboxylic acids is 3. The van der Waals surface area contributed by atoms with Crippen LogP contribution < -0.4 is 0 Å². The van der Waals surface area contributed by atoms with E-state index in [1.54, 1.807) is 12.2 Å². The van der Waals surface area contributed by atoms with Gasteiger partial charge in [-0.15, -0.1) is 0 Å². The van der Waals surface area contributed by atoms with E-state index in [-0.39, 0.29) is 23.7 Å². The molecule has 1 spiro atoms. The standard InChI is InChI=1S/C29H42O8/c1-9-16(3)11-12-28(8)18(5)13-24(32)29-22(26(34-19(6)30)37-27(29)35-20(7)31)14-21(15-23(28)29)36-25(33)17(4)10-2/h9,11,14,17-18,21,23-24,26-27,32H,1,10,12-13,15H2,2-8H3/b16-11-/t17?,18-,21-,23+,24+,26+,27-,28-,29?/m1/s1. The highest BCUT2D eigenvalue weighted by atomic mass is 16.8. The normalized spacial score (nSPS) is 37.9. The fourth-order valence-electron chi connectivity index (χ4n) is 6.30. The van der Waals surface area contributed by atoms with Crippen molar-refractivity contribution in [3.05, 3.63) is 36.0 Å². The van der Waals surface area contributed by atoms with Gasteiger partial charge in [-0.25, -0.2) is 0 Å². The smallest absolute Gasteiger partial charge is 0.309 e. The van der Waals surface area contributed by atoms with Gasteiger partial charge in [0.15, 0.2) is 0 Å². The molecule has 1 heterocycles. The van der Waals surface area contributed by atoms with Crippen LogP contribution in [0.25, 0.3) is 0 Å². The summed E-state index contributed by atoms with van der Waals surface area (Å²) in [6.07, 6.45) is 3.89. The minimum atomic E-state index is -1.17. The highest BCUT2D eigenvalue weighted by Gasteiger charge is 2.71. The van der Waals surface area contributed by atoms with Crippen LogP contribution in [0.5, 0.6) is 0 Å². The first-order valence-electron chi connectivity index (χ1n) is 13.2. The molecule has 9 atom stereocenters. The van der Waals surface area contributed by atoms with Gasteiger partial charge in [-0.05, 0) is 55.9 Å². The van der Waals surface area contributed by atoms with Crippen molar-refractivity contribution in [2.45, 2.75) is 98.9 Å². The molecule has 1 N–H and O–H groups in total. The SMILES string of the molecule is C=C/C(C)=C\C[C@]1(C)[C@H](C)C[C@H](O)C23C(=C[C@@H](OC(=O)C(C)CC)C[C@H]21)[C@@H](OC(C)=O)O[C@H]3OC(C)=O. The van der Waals surface area contributed by atoms with Gasteiger partial charge in [0.05, 0.1) is 17.4 Å². The van der Waals surface area contributed by atoms with E-state index in [1.165, 1.54) is 13.8 Å². The van der Waals surface area contributed by atoms with Crippen LogP contribution in [0, 0.1) is 28.6 Å². The number of allylic oxidation sites excluding steroid dienone is 3. The summed E-state index contributed by atoms with van der Waals surface area (Å²) in [5, 5.41) is 11.7. The second-order valence-electron chi connectivity index (χ2n) is 11.2. The zero-order valence-electron chi connectivity index (χ0n) is 23.1. The summed E-state index contributed by atoms with van der Waals surface area (Å²) >= 11 is 0. The molecule has 37 heavy (non-hydrogen) atoms. The van der Waals surface area contributed by atoms with Gasteiger partial charge in [-0.3, -0.25) is 19.1 Å². The summed E-state index contributed by atoms with van der Waals surface area (Å²) in [5.41, 5.74) is -0.0572. The van der Waals surface area contributed by atoms with Crippen LogP contribution in [0.2, 0.25) is 0 Å². The number of hydrogen-bond acceptors (Lipinski definition) is 8. The monoisotopic (exact) mass is 518 g/mol. The van der Waals surface area contributed by atoms with Gasteiger partial charge >= 0.3 is 17.9 Å². The van der Waals surface area contributed by atoms with Gasteiger partial charge in [-0.1, -0.05) is 52.0 Å². The predicted molar refractivity (Wildman–Crippen MR) is 137 cm³/mol. The second-order valence-corrected chi connectivity index (χ2v) is 11.2. The number of esters is 3. The molecule has 1 saturated carbocycles. The third-order valence-electron chi connectivity index (χ3n) is 8.87. The summed E-state index contributed by atoms with van der Waals surface area (Å²) in [6, 6.07) is 0. The molecule has 1 saturated heterocycles. The van der Waals surface area contributed by atoms with Crippen molar-refractivity contribution in [1.29, 1.82) is 0 Å². The molecule has 1 aliphatic heterocycles. The Bertz CT molecular complexity index is 982. The van der Waals surface area contributed by atoms with Crippen LogP contribution in [0.4, 0.5) is 0 Å². The van der Waals surface area contributed by atoms with Crippen molar-refractivity contribution >= 4 is 17.9 Å². The Morgan fingerprint density at radius 3 is 2.41 bits per heavy atom. The van der Waals surface area contributed by atoms with Gasteiger partial charge in [-0.2, -0.15) is 0 Å². The van der Waals surface area contributed by atoms with Crippen molar-refractivity contribution < 1.29 is 38.4 Å². The largest absolute Gasteiger partial charge is 0.458 e. The summed E-state index contributed by atoms with van der Waals surface area (Å²) in [5.74, 6) is -1.99. The third kappa shape index (κ3) is 5.28. The van der Waals surface area contributed by atoms with Gasteiger partial charge in [0.25, 0.3) is 0 Å². The first kappa shape index (κ1) is 29.1. The van der Waals surface area contributed by atoms with Crippen molar-refractivity contribution in [1.82, 2.24) is 0 Å². The molecule has 206 valence electrons. The molecule has 8 nitrogen and oxygen atoms in total. The van der Waals surface area contributed by atoms with E-state index >= 15 is 0 Å². The molecule has 2 fully saturated rings. The first-order chi connectivity index (χ1) is 17.3. The fraction of sp³-hybridized carbons (Fsp3) is 0.690. The summed E-state index contributed by atoms with van der Waals surface area (Å²) in [4.78, 5) is 37.0. The Balaban J connectivity index is 2.21. The lowest BCUT2D eigenvalue weighted by atomic mass is 9.45. The number of carbonyl (C=O) groups is 3. The highest BCUT2D eigenvalue weighted by Crippen LogP contribution is 2.67. The molecule has 0 bridgehead atoms. The minimum absolute atomic E-state index is 0.0722. The van der Waals surface area contributed by atoms with Gasteiger partial charge in [0.2, 0.25) is 12.6 Å². The molecule has 0 aromatic heterocycles. The van der Waals surface area contributed by atoms with Gasteiger partial charge in [0, 0.05) is 19.4 Å². The van der Waals surface area contributed by atoms with E-state index in [9.17, 15) is 19.5 Å². The maximum Gasteiger partial charge on any atom is 0.309 e. The first-order valence-corrected chi connectivity index (χ1v) is 13.2. The molecule has 0 aromatic carbocycles. The lowest BCUT2D eigenvalue weighted by Gasteiger charge is -2.60. The quantitative estimate of drug-likeness (QED) is 0.215. The zero-order valence-corrected chi connectivity index (χ0v) is 23.1. The van der Waals surface area contributed by atoms with Crippen LogP contribution in [0.1, 0.15) is 74.1 Å². The molecule has 2 unspecified atom stereocenters. The van der Waals surface area contributed by atoms with E-state index in [4.69, 9.17) is 18.9 Å². The van der Waals surface area contributed by atoms with E-state index in [2.05, 4.69) is 26.5 Å². The minimum Gasteiger partial charge on any atom is -0.458 e. The number of hydrogen-bond donors (Lipinski definition) is 1. The van der Waals surface area contributed by atoms with Crippen LogP contribution in [0.3, 0.4) is 0 Å². The Morgan fingerprint density at radius 2 is 1.84 bits per heavy atom. The average Bonchev–Trinajstić information content (AvgIpc) is 3.12. The van der Waals surface area contributed by atoms with Gasteiger partial charge in [0.1, 0.15) is 6.10 Å². The van der Waals surface area contributed by atoms with Crippen LogP contribution in [-0.2, 0) is 33.3 Å². The number of aliphatic hydroxyl groups is 1. The third-order valence-corrected chi connectivity index (χ3v) is 8.87. The number of aliphatic hydroxyl groups excluding tert-OH is 1. The van der Waals surface area contributed by atoms with Crippen LogP contribution in [-0.4, -0.2) is 47.8 Å².